The van der Waals surface area contributed by atoms with Gasteiger partial charge in [-0.05, 0) is 18.9 Å². The third-order valence-corrected chi connectivity index (χ3v) is 3.78. The minimum Gasteiger partial charge on any atom is -0.490 e. The molecule has 6 heteroatoms. The van der Waals surface area contributed by atoms with Crippen LogP contribution in [-0.4, -0.2) is 36.3 Å². The van der Waals surface area contributed by atoms with E-state index >= 15 is 0 Å². The number of nitrogens with zero attached hydrogens (tertiary/aromatic N) is 2. The first-order chi connectivity index (χ1) is 9.67. The molecular weight excluding hydrogens is 260 g/mol. The van der Waals surface area contributed by atoms with Crippen molar-refractivity contribution in [2.45, 2.75) is 31.7 Å². The Kier molecular flexibility index (Phi) is 4.79. The summed E-state index contributed by atoms with van der Waals surface area (Å²) in [5, 5.41) is 20.5. The standard InChI is InChI=1S/C14H20N2O4/c1-20-14-9-11(6-7-13(14)16(18)19)15-8-4-2-3-5-12(15)10-17/h6-7,9,12,17H,2-5,8,10H2,1H3. The Labute approximate surface area is 118 Å². The summed E-state index contributed by atoms with van der Waals surface area (Å²) < 4.78 is 5.11. The van der Waals surface area contributed by atoms with E-state index in [9.17, 15) is 15.2 Å². The molecule has 1 heterocycles. The summed E-state index contributed by atoms with van der Waals surface area (Å²) in [7, 11) is 1.43. The Morgan fingerprint density at radius 1 is 1.45 bits per heavy atom. The highest BCUT2D eigenvalue weighted by Gasteiger charge is 2.23. The highest BCUT2D eigenvalue weighted by atomic mass is 16.6. The fraction of sp³-hybridized carbons (Fsp3) is 0.571. The van der Waals surface area contributed by atoms with Crippen molar-refractivity contribution in [1.29, 1.82) is 0 Å². The summed E-state index contributed by atoms with van der Waals surface area (Å²) >= 11 is 0. The quantitative estimate of drug-likeness (QED) is 0.676. The van der Waals surface area contributed by atoms with Gasteiger partial charge in [0.1, 0.15) is 0 Å². The molecule has 0 aromatic heterocycles. The van der Waals surface area contributed by atoms with Crippen LogP contribution >= 0.6 is 0 Å². The van der Waals surface area contributed by atoms with Gasteiger partial charge in [0, 0.05) is 24.4 Å². The Bertz CT molecular complexity index is 478. The fourth-order valence-corrected chi connectivity index (χ4v) is 2.70. The van der Waals surface area contributed by atoms with Crippen LogP contribution < -0.4 is 9.64 Å². The number of nitro groups is 1. The molecule has 1 aliphatic heterocycles. The van der Waals surface area contributed by atoms with Crippen molar-refractivity contribution in [2.75, 3.05) is 25.2 Å². The molecule has 0 amide bonds. The Morgan fingerprint density at radius 2 is 2.25 bits per heavy atom. The van der Waals surface area contributed by atoms with E-state index in [4.69, 9.17) is 4.74 Å². The highest BCUT2D eigenvalue weighted by molar-refractivity contribution is 5.59. The number of hydrogen-bond acceptors (Lipinski definition) is 5. The van der Waals surface area contributed by atoms with E-state index in [1.165, 1.54) is 13.2 Å². The molecule has 1 fully saturated rings. The number of nitro benzene ring substituents is 1. The predicted molar refractivity (Wildman–Crippen MR) is 76.3 cm³/mol. The van der Waals surface area contributed by atoms with Crippen molar-refractivity contribution < 1.29 is 14.8 Å². The molecule has 1 aromatic carbocycles. The number of methoxy groups -OCH3 is 1. The summed E-state index contributed by atoms with van der Waals surface area (Å²) in [6.45, 7) is 0.950. The van der Waals surface area contributed by atoms with E-state index in [-0.39, 0.29) is 24.1 Å². The van der Waals surface area contributed by atoms with Gasteiger partial charge in [0.2, 0.25) is 0 Å². The van der Waals surface area contributed by atoms with Crippen molar-refractivity contribution in [3.8, 4) is 5.75 Å². The van der Waals surface area contributed by atoms with Gasteiger partial charge in [-0.2, -0.15) is 0 Å². The lowest BCUT2D eigenvalue weighted by molar-refractivity contribution is -0.385. The summed E-state index contributed by atoms with van der Waals surface area (Å²) in [5.41, 5.74) is 0.833. The van der Waals surface area contributed by atoms with Gasteiger partial charge in [0.15, 0.2) is 5.75 Å². The Morgan fingerprint density at radius 3 is 2.90 bits per heavy atom. The van der Waals surface area contributed by atoms with Gasteiger partial charge in [-0.3, -0.25) is 10.1 Å². The van der Waals surface area contributed by atoms with Gasteiger partial charge >= 0.3 is 5.69 Å². The fourth-order valence-electron chi connectivity index (χ4n) is 2.70. The molecule has 20 heavy (non-hydrogen) atoms. The predicted octanol–water partition coefficient (Wildman–Crippen LogP) is 2.34. The molecule has 0 spiro atoms. The molecule has 1 unspecified atom stereocenters. The second-order valence-electron chi connectivity index (χ2n) is 4.99. The highest BCUT2D eigenvalue weighted by Crippen LogP contribution is 2.33. The third-order valence-electron chi connectivity index (χ3n) is 3.78. The zero-order valence-electron chi connectivity index (χ0n) is 11.6. The summed E-state index contributed by atoms with van der Waals surface area (Å²) in [5.74, 6) is 0.258. The molecule has 1 aromatic rings. The number of rotatable bonds is 4. The average Bonchev–Trinajstić information content (AvgIpc) is 2.71. The number of aliphatic hydroxyl groups excluding tert-OH is 1. The van der Waals surface area contributed by atoms with E-state index in [1.807, 2.05) is 0 Å². The number of hydrogen-bond donors (Lipinski definition) is 1. The van der Waals surface area contributed by atoms with Crippen LogP contribution in [0.4, 0.5) is 11.4 Å². The van der Waals surface area contributed by atoms with Crippen LogP contribution in [0, 0.1) is 10.1 Å². The number of ether oxygens (including phenoxy) is 1. The zero-order valence-corrected chi connectivity index (χ0v) is 11.6. The zero-order chi connectivity index (χ0) is 14.5. The minimum atomic E-state index is -0.450. The number of anilines is 1. The smallest absolute Gasteiger partial charge is 0.311 e. The monoisotopic (exact) mass is 280 g/mol. The van der Waals surface area contributed by atoms with Crippen LogP contribution in [0.15, 0.2) is 18.2 Å². The first-order valence-corrected chi connectivity index (χ1v) is 6.87. The third kappa shape index (κ3) is 3.01. The van der Waals surface area contributed by atoms with E-state index in [0.29, 0.717) is 0 Å². The molecule has 2 rings (SSSR count). The minimum absolute atomic E-state index is 0.0355. The molecule has 6 nitrogen and oxygen atoms in total. The molecule has 1 atom stereocenters. The van der Waals surface area contributed by atoms with Crippen molar-refractivity contribution in [1.82, 2.24) is 0 Å². The van der Waals surface area contributed by atoms with Crippen molar-refractivity contribution >= 4 is 11.4 Å². The van der Waals surface area contributed by atoms with Crippen LogP contribution in [0.3, 0.4) is 0 Å². The van der Waals surface area contributed by atoms with E-state index in [2.05, 4.69) is 4.90 Å². The Hall–Kier alpha value is -1.82. The van der Waals surface area contributed by atoms with Gasteiger partial charge in [0.05, 0.1) is 24.7 Å². The van der Waals surface area contributed by atoms with Crippen LogP contribution in [-0.2, 0) is 0 Å². The van der Waals surface area contributed by atoms with Crippen LogP contribution in [0.1, 0.15) is 25.7 Å². The SMILES string of the molecule is COc1cc(N2CCCCCC2CO)ccc1[N+](=O)[O-]. The molecular formula is C14H20N2O4. The molecule has 1 aliphatic rings. The average molecular weight is 280 g/mol. The second kappa shape index (κ2) is 6.56. The molecule has 1 N–H and O–H groups in total. The van der Waals surface area contributed by atoms with Gasteiger partial charge < -0.3 is 14.7 Å². The van der Waals surface area contributed by atoms with Gasteiger partial charge in [-0.1, -0.05) is 12.8 Å². The lowest BCUT2D eigenvalue weighted by Crippen LogP contribution is -2.37. The van der Waals surface area contributed by atoms with Crippen LogP contribution in [0.2, 0.25) is 0 Å². The Balaban J connectivity index is 2.32. The molecule has 0 bridgehead atoms. The van der Waals surface area contributed by atoms with Crippen LogP contribution in [0.5, 0.6) is 5.75 Å². The largest absolute Gasteiger partial charge is 0.490 e. The molecule has 0 saturated carbocycles. The van der Waals surface area contributed by atoms with E-state index < -0.39 is 4.92 Å². The van der Waals surface area contributed by atoms with Crippen molar-refractivity contribution in [3.63, 3.8) is 0 Å². The summed E-state index contributed by atoms with van der Waals surface area (Å²) in [4.78, 5) is 12.6. The lowest BCUT2D eigenvalue weighted by Gasteiger charge is -2.31. The first kappa shape index (κ1) is 14.6. The van der Waals surface area contributed by atoms with Gasteiger partial charge in [-0.25, -0.2) is 0 Å². The molecule has 1 saturated heterocycles. The summed E-state index contributed by atoms with van der Waals surface area (Å²) in [6, 6.07) is 4.96. The molecule has 0 aliphatic carbocycles. The van der Waals surface area contributed by atoms with Crippen molar-refractivity contribution in [3.05, 3.63) is 28.3 Å². The molecule has 110 valence electrons. The van der Waals surface area contributed by atoms with E-state index in [1.54, 1.807) is 12.1 Å². The maximum absolute atomic E-state index is 10.9. The maximum atomic E-state index is 10.9. The molecule has 0 radical (unpaired) electrons. The van der Waals surface area contributed by atoms with E-state index in [0.717, 1.165) is 37.9 Å². The normalized spacial score (nSPS) is 19.5. The first-order valence-electron chi connectivity index (χ1n) is 6.87. The van der Waals surface area contributed by atoms with Crippen LogP contribution in [0.25, 0.3) is 0 Å². The maximum Gasteiger partial charge on any atom is 0.311 e. The van der Waals surface area contributed by atoms with Crippen molar-refractivity contribution in [2.24, 2.45) is 0 Å². The topological polar surface area (TPSA) is 75.8 Å². The van der Waals surface area contributed by atoms with Gasteiger partial charge in [-0.15, -0.1) is 0 Å². The number of benzene rings is 1. The number of aliphatic hydroxyl groups is 1. The lowest BCUT2D eigenvalue weighted by atomic mass is 10.1. The summed E-state index contributed by atoms with van der Waals surface area (Å²) in [6.07, 6.45) is 4.26. The second-order valence-corrected chi connectivity index (χ2v) is 4.99. The van der Waals surface area contributed by atoms with Gasteiger partial charge in [0.25, 0.3) is 0 Å².